The number of hydrogen-bond donors (Lipinski definition) is 0. The van der Waals surface area contributed by atoms with Gasteiger partial charge in [0, 0.05) is 44.5 Å². The van der Waals surface area contributed by atoms with Crippen LogP contribution in [0.25, 0.3) is 0 Å². The predicted octanol–water partition coefficient (Wildman–Crippen LogP) is 18.3. The van der Waals surface area contributed by atoms with Crippen molar-refractivity contribution in [3.05, 3.63) is 175 Å². The Morgan fingerprint density at radius 2 is 0.514 bits per heavy atom. The highest BCUT2D eigenvalue weighted by molar-refractivity contribution is 5.57. The molecule has 0 fully saturated rings. The summed E-state index contributed by atoms with van der Waals surface area (Å²) in [4.78, 5) is 0. The summed E-state index contributed by atoms with van der Waals surface area (Å²) in [6.07, 6.45) is 17.2. The van der Waals surface area contributed by atoms with Gasteiger partial charge in [-0.1, -0.05) is 221 Å². The molecule has 5 rings (SSSR count). The standard InChI is InChI=1S/C70H86/c1-15-17-19-21-23-25-27-59-49-62(44-42-56-35-31-54(32-36-56)38-40-58-47-65(69(9,10)11)52-66(48-58)70(12,13)14)60(28-26-24-22-20-18-16-2)50-61(59)43-41-55-33-29-53(30-34-55)37-39-57-45-63(67(3,4)5)51-64(46-57)68(6,7)8/h29-36,45-52H,15-28H2,1-14H3. The van der Waals surface area contributed by atoms with Crippen molar-refractivity contribution in [2.24, 2.45) is 0 Å². The Morgan fingerprint density at radius 3 is 0.786 bits per heavy atom. The Balaban J connectivity index is 1.45. The highest BCUT2D eigenvalue weighted by atomic mass is 14.3. The molecule has 0 saturated carbocycles. The third kappa shape index (κ3) is 17.9. The molecule has 0 unspecified atom stereocenters. The van der Waals surface area contributed by atoms with Crippen molar-refractivity contribution < 1.29 is 0 Å². The number of hydrogen-bond acceptors (Lipinski definition) is 0. The van der Waals surface area contributed by atoms with Crippen molar-refractivity contribution in [2.75, 3.05) is 0 Å². The fourth-order valence-electron chi connectivity index (χ4n) is 8.50. The first-order chi connectivity index (χ1) is 33.1. The molecule has 0 aliphatic carbocycles. The fourth-order valence-corrected chi connectivity index (χ4v) is 8.50. The molecule has 0 heteroatoms. The van der Waals surface area contributed by atoms with Crippen molar-refractivity contribution in [3.8, 4) is 47.4 Å². The van der Waals surface area contributed by atoms with Gasteiger partial charge in [0.1, 0.15) is 0 Å². The second-order valence-electron chi connectivity index (χ2n) is 24.0. The molecule has 70 heavy (non-hydrogen) atoms. The summed E-state index contributed by atoms with van der Waals surface area (Å²) in [6.45, 7) is 31.9. The van der Waals surface area contributed by atoms with Crippen LogP contribution in [0.1, 0.15) is 252 Å². The van der Waals surface area contributed by atoms with Crippen molar-refractivity contribution in [1.82, 2.24) is 0 Å². The number of unbranched alkanes of at least 4 members (excludes halogenated alkanes) is 10. The zero-order valence-corrected chi connectivity index (χ0v) is 46.1. The zero-order valence-electron chi connectivity index (χ0n) is 46.1. The molecule has 0 bridgehead atoms. The van der Waals surface area contributed by atoms with E-state index in [0.717, 1.165) is 70.2 Å². The van der Waals surface area contributed by atoms with Gasteiger partial charge in [0.15, 0.2) is 0 Å². The number of benzene rings is 5. The first-order valence-corrected chi connectivity index (χ1v) is 26.9. The minimum Gasteiger partial charge on any atom is -0.0654 e. The molecule has 5 aromatic carbocycles. The fraction of sp³-hybridized carbons (Fsp3) is 0.457. The summed E-state index contributed by atoms with van der Waals surface area (Å²) in [7, 11) is 0. The Morgan fingerprint density at radius 1 is 0.271 bits per heavy atom. The maximum atomic E-state index is 3.67. The Bertz CT molecular complexity index is 2490. The van der Waals surface area contributed by atoms with Crippen LogP contribution in [-0.4, -0.2) is 0 Å². The van der Waals surface area contributed by atoms with Gasteiger partial charge in [-0.25, -0.2) is 0 Å². The van der Waals surface area contributed by atoms with E-state index >= 15 is 0 Å². The molecule has 0 aliphatic heterocycles. The molecule has 0 heterocycles. The van der Waals surface area contributed by atoms with E-state index in [4.69, 9.17) is 0 Å². The average molecular weight is 927 g/mol. The molecule has 5 aromatic rings. The molecule has 366 valence electrons. The average Bonchev–Trinajstić information content (AvgIpc) is 3.31. The molecule has 0 radical (unpaired) electrons. The lowest BCUT2D eigenvalue weighted by Crippen LogP contribution is -2.16. The van der Waals surface area contributed by atoms with E-state index in [1.807, 2.05) is 0 Å². The maximum absolute atomic E-state index is 3.67. The van der Waals surface area contributed by atoms with E-state index in [2.05, 4.69) is 241 Å². The molecule has 0 aromatic heterocycles. The van der Waals surface area contributed by atoms with E-state index in [1.165, 1.54) is 97.6 Å². The Kier molecular flexibility index (Phi) is 20.1. The van der Waals surface area contributed by atoms with Crippen molar-refractivity contribution in [2.45, 2.75) is 208 Å². The van der Waals surface area contributed by atoms with Gasteiger partial charge < -0.3 is 0 Å². The summed E-state index contributed by atoms with van der Waals surface area (Å²) < 4.78 is 0. The molecular formula is C70H86. The van der Waals surface area contributed by atoms with E-state index in [1.54, 1.807) is 0 Å². The van der Waals surface area contributed by atoms with Crippen LogP contribution in [-0.2, 0) is 34.5 Å². The van der Waals surface area contributed by atoms with Gasteiger partial charge >= 0.3 is 0 Å². The zero-order chi connectivity index (χ0) is 51.0. The first-order valence-electron chi connectivity index (χ1n) is 26.9. The van der Waals surface area contributed by atoms with Gasteiger partial charge in [-0.2, -0.15) is 0 Å². The monoisotopic (exact) mass is 927 g/mol. The molecule has 0 nitrogen and oxygen atoms in total. The van der Waals surface area contributed by atoms with Crippen LogP contribution in [0.4, 0.5) is 0 Å². The molecule has 0 saturated heterocycles. The second kappa shape index (κ2) is 25.5. The summed E-state index contributed by atoms with van der Waals surface area (Å²) in [5.74, 6) is 28.4. The van der Waals surface area contributed by atoms with Gasteiger partial charge in [-0.05, 0) is 166 Å². The third-order valence-corrected chi connectivity index (χ3v) is 13.4. The molecule has 0 amide bonds. The Labute approximate surface area is 428 Å². The van der Waals surface area contributed by atoms with Crippen molar-refractivity contribution >= 4 is 0 Å². The summed E-state index contributed by atoms with van der Waals surface area (Å²) in [6, 6.07) is 35.4. The summed E-state index contributed by atoms with van der Waals surface area (Å²) >= 11 is 0. The van der Waals surface area contributed by atoms with E-state index in [-0.39, 0.29) is 21.7 Å². The third-order valence-electron chi connectivity index (χ3n) is 13.4. The lowest BCUT2D eigenvalue weighted by Gasteiger charge is -2.25. The minimum atomic E-state index is 0.0527. The number of rotatable bonds is 14. The molecule has 0 spiro atoms. The summed E-state index contributed by atoms with van der Waals surface area (Å²) in [5.41, 5.74) is 16.5. The van der Waals surface area contributed by atoms with Crippen LogP contribution in [0.2, 0.25) is 0 Å². The van der Waals surface area contributed by atoms with Crippen LogP contribution in [0.15, 0.2) is 97.1 Å². The highest BCUT2D eigenvalue weighted by Crippen LogP contribution is 2.32. The normalized spacial score (nSPS) is 11.6. The van der Waals surface area contributed by atoms with Crippen LogP contribution in [0.5, 0.6) is 0 Å². The van der Waals surface area contributed by atoms with Gasteiger partial charge in [-0.15, -0.1) is 0 Å². The second-order valence-corrected chi connectivity index (χ2v) is 24.0. The topological polar surface area (TPSA) is 0 Å². The molecule has 0 aliphatic rings. The van der Waals surface area contributed by atoms with E-state index < -0.39 is 0 Å². The maximum Gasteiger partial charge on any atom is 0.0284 e. The van der Waals surface area contributed by atoms with Crippen molar-refractivity contribution in [3.63, 3.8) is 0 Å². The Hall–Kier alpha value is -5.66. The largest absolute Gasteiger partial charge is 0.0654 e. The smallest absolute Gasteiger partial charge is 0.0284 e. The van der Waals surface area contributed by atoms with Crippen LogP contribution in [0, 0.1) is 47.4 Å². The van der Waals surface area contributed by atoms with Crippen LogP contribution >= 0.6 is 0 Å². The van der Waals surface area contributed by atoms with Gasteiger partial charge in [0.25, 0.3) is 0 Å². The lowest BCUT2D eigenvalue weighted by molar-refractivity contribution is 0.567. The van der Waals surface area contributed by atoms with Crippen LogP contribution in [0.3, 0.4) is 0 Å². The SMILES string of the molecule is CCCCCCCCc1cc(C#Cc2ccc(C#Cc3cc(C(C)(C)C)cc(C(C)(C)C)c3)cc2)c(CCCCCCCC)cc1C#Cc1ccc(C#Cc2cc(C(C)(C)C)cc(C(C)(C)C)c2)cc1. The van der Waals surface area contributed by atoms with E-state index in [0.29, 0.717) is 0 Å². The van der Waals surface area contributed by atoms with Gasteiger partial charge in [0.2, 0.25) is 0 Å². The predicted molar refractivity (Wildman–Crippen MR) is 305 cm³/mol. The first kappa shape index (κ1) is 55.3. The van der Waals surface area contributed by atoms with Crippen molar-refractivity contribution in [1.29, 1.82) is 0 Å². The highest BCUT2D eigenvalue weighted by Gasteiger charge is 2.22. The minimum absolute atomic E-state index is 0.0527. The quantitative estimate of drug-likeness (QED) is 0.0769. The van der Waals surface area contributed by atoms with Gasteiger partial charge in [0.05, 0.1) is 0 Å². The van der Waals surface area contributed by atoms with E-state index in [9.17, 15) is 0 Å². The molecule has 0 atom stereocenters. The molecule has 0 N–H and O–H groups in total. The van der Waals surface area contributed by atoms with Crippen LogP contribution < -0.4 is 0 Å². The molecular weight excluding hydrogens is 841 g/mol. The number of aryl methyl sites for hydroxylation is 2. The summed E-state index contributed by atoms with van der Waals surface area (Å²) in [5, 5.41) is 0. The lowest BCUT2D eigenvalue weighted by atomic mass is 9.79. The van der Waals surface area contributed by atoms with Gasteiger partial charge in [-0.3, -0.25) is 0 Å².